The zero-order valence-corrected chi connectivity index (χ0v) is 11.9. The van der Waals surface area contributed by atoms with E-state index in [0.717, 1.165) is 45.9 Å². The third-order valence-electron chi connectivity index (χ3n) is 3.15. The van der Waals surface area contributed by atoms with Crippen LogP contribution in [0.3, 0.4) is 0 Å². The Bertz CT molecular complexity index is 251. The molecule has 5 nitrogen and oxygen atoms in total. The van der Waals surface area contributed by atoms with Crippen molar-refractivity contribution in [1.29, 1.82) is 0 Å². The Kier molecular flexibility index (Phi) is 7.05. The van der Waals surface area contributed by atoms with Gasteiger partial charge in [0.15, 0.2) is 5.96 Å². The van der Waals surface area contributed by atoms with Gasteiger partial charge in [0.1, 0.15) is 0 Å². The molecule has 5 heteroatoms. The highest BCUT2D eigenvalue weighted by molar-refractivity contribution is 5.78. The lowest BCUT2D eigenvalue weighted by molar-refractivity contribution is 0.0265. The van der Waals surface area contributed by atoms with E-state index in [-0.39, 0.29) is 6.10 Å². The summed E-state index contributed by atoms with van der Waals surface area (Å²) >= 11 is 0. The van der Waals surface area contributed by atoms with Crippen LogP contribution in [0.25, 0.3) is 0 Å². The van der Waals surface area contributed by atoms with Gasteiger partial charge in [0.25, 0.3) is 0 Å². The fraction of sp³-hybridized carbons (Fsp3) is 0.923. The molecule has 1 heterocycles. The highest BCUT2D eigenvalue weighted by Gasteiger charge is 2.14. The maximum absolute atomic E-state index is 5.96. The van der Waals surface area contributed by atoms with Crippen LogP contribution in [0.15, 0.2) is 4.99 Å². The molecule has 106 valence electrons. The van der Waals surface area contributed by atoms with Gasteiger partial charge in [-0.15, -0.1) is 0 Å². The Labute approximate surface area is 110 Å². The van der Waals surface area contributed by atoms with Crippen molar-refractivity contribution >= 4 is 5.96 Å². The standard InChI is InChI=1S/C13H27N3O2/c1-4-18-12(11(2)3)5-6-15-13(14)16-7-9-17-10-8-16/h11-12H,4-10H2,1-3H3,(H2,14,15). The van der Waals surface area contributed by atoms with Crippen molar-refractivity contribution in [2.75, 3.05) is 39.5 Å². The molecule has 1 unspecified atom stereocenters. The second-order valence-electron chi connectivity index (χ2n) is 4.87. The van der Waals surface area contributed by atoms with E-state index in [0.29, 0.717) is 11.9 Å². The van der Waals surface area contributed by atoms with Crippen LogP contribution in [0.1, 0.15) is 27.2 Å². The molecule has 0 bridgehead atoms. The molecule has 1 atom stereocenters. The molecule has 0 aromatic rings. The molecule has 0 radical (unpaired) electrons. The lowest BCUT2D eigenvalue weighted by Gasteiger charge is -2.27. The Morgan fingerprint density at radius 2 is 2.06 bits per heavy atom. The molecule has 1 aliphatic heterocycles. The van der Waals surface area contributed by atoms with E-state index in [9.17, 15) is 0 Å². The summed E-state index contributed by atoms with van der Waals surface area (Å²) in [5, 5.41) is 0. The molecule has 2 N–H and O–H groups in total. The van der Waals surface area contributed by atoms with Crippen LogP contribution in [0.5, 0.6) is 0 Å². The number of hydrogen-bond donors (Lipinski definition) is 1. The van der Waals surface area contributed by atoms with Crippen molar-refractivity contribution < 1.29 is 9.47 Å². The van der Waals surface area contributed by atoms with Crippen LogP contribution >= 0.6 is 0 Å². The molecule has 1 aliphatic rings. The van der Waals surface area contributed by atoms with Gasteiger partial charge >= 0.3 is 0 Å². The fourth-order valence-electron chi connectivity index (χ4n) is 2.02. The first-order chi connectivity index (χ1) is 8.65. The molecule has 1 saturated heterocycles. The Hall–Kier alpha value is -0.810. The van der Waals surface area contributed by atoms with Gasteiger partial charge in [-0.1, -0.05) is 13.8 Å². The van der Waals surface area contributed by atoms with Gasteiger partial charge < -0.3 is 20.1 Å². The van der Waals surface area contributed by atoms with E-state index in [1.54, 1.807) is 0 Å². The smallest absolute Gasteiger partial charge is 0.191 e. The minimum atomic E-state index is 0.274. The molecule has 0 amide bonds. The minimum absolute atomic E-state index is 0.274. The predicted octanol–water partition coefficient (Wildman–Crippen LogP) is 1.08. The lowest BCUT2D eigenvalue weighted by Crippen LogP contribution is -2.45. The third-order valence-corrected chi connectivity index (χ3v) is 3.15. The van der Waals surface area contributed by atoms with Crippen molar-refractivity contribution in [3.63, 3.8) is 0 Å². The average Bonchev–Trinajstić information content (AvgIpc) is 2.38. The largest absolute Gasteiger partial charge is 0.378 e. The van der Waals surface area contributed by atoms with Gasteiger partial charge in [0.05, 0.1) is 19.3 Å². The summed E-state index contributed by atoms with van der Waals surface area (Å²) in [5.41, 5.74) is 5.96. The van der Waals surface area contributed by atoms with E-state index in [1.165, 1.54) is 0 Å². The average molecular weight is 257 g/mol. The van der Waals surface area contributed by atoms with Crippen molar-refractivity contribution in [3.05, 3.63) is 0 Å². The monoisotopic (exact) mass is 257 g/mol. The number of guanidine groups is 1. The van der Waals surface area contributed by atoms with E-state index < -0.39 is 0 Å². The highest BCUT2D eigenvalue weighted by Crippen LogP contribution is 2.10. The zero-order chi connectivity index (χ0) is 13.4. The second kappa shape index (κ2) is 8.32. The molecule has 0 aromatic heterocycles. The molecule has 18 heavy (non-hydrogen) atoms. The molecule has 0 aromatic carbocycles. The number of ether oxygens (including phenoxy) is 2. The number of morpholine rings is 1. The maximum Gasteiger partial charge on any atom is 0.191 e. The lowest BCUT2D eigenvalue weighted by atomic mass is 10.0. The first-order valence-corrected chi connectivity index (χ1v) is 6.89. The topological polar surface area (TPSA) is 60.1 Å². The van der Waals surface area contributed by atoms with E-state index in [1.807, 2.05) is 6.92 Å². The quantitative estimate of drug-likeness (QED) is 0.571. The normalized spacial score (nSPS) is 19.3. The van der Waals surface area contributed by atoms with Crippen molar-refractivity contribution in [2.24, 2.45) is 16.6 Å². The molecule has 1 fully saturated rings. The van der Waals surface area contributed by atoms with Gasteiger partial charge in [-0.25, -0.2) is 0 Å². The second-order valence-corrected chi connectivity index (χ2v) is 4.87. The summed E-state index contributed by atoms with van der Waals surface area (Å²) in [6, 6.07) is 0. The number of rotatable bonds is 6. The summed E-state index contributed by atoms with van der Waals surface area (Å²) in [7, 11) is 0. The van der Waals surface area contributed by atoms with Crippen LogP contribution in [-0.4, -0.2) is 56.4 Å². The van der Waals surface area contributed by atoms with Crippen LogP contribution in [0.4, 0.5) is 0 Å². The van der Waals surface area contributed by atoms with Crippen LogP contribution in [0.2, 0.25) is 0 Å². The number of hydrogen-bond acceptors (Lipinski definition) is 3. The SMILES string of the molecule is CCOC(CCN=C(N)N1CCOCC1)C(C)C. The highest BCUT2D eigenvalue weighted by atomic mass is 16.5. The predicted molar refractivity (Wildman–Crippen MR) is 73.8 cm³/mol. The van der Waals surface area contributed by atoms with Gasteiger partial charge in [0, 0.05) is 26.2 Å². The van der Waals surface area contributed by atoms with E-state index >= 15 is 0 Å². The number of nitrogens with zero attached hydrogens (tertiary/aromatic N) is 2. The molecule has 0 spiro atoms. The van der Waals surface area contributed by atoms with Gasteiger partial charge in [0.2, 0.25) is 0 Å². The summed E-state index contributed by atoms with van der Waals surface area (Å²) in [6.07, 6.45) is 1.20. The summed E-state index contributed by atoms with van der Waals surface area (Å²) in [6.45, 7) is 11.0. The fourth-order valence-corrected chi connectivity index (χ4v) is 2.02. The van der Waals surface area contributed by atoms with Crippen molar-refractivity contribution in [1.82, 2.24) is 4.90 Å². The summed E-state index contributed by atoms with van der Waals surface area (Å²) in [5.74, 6) is 1.15. The molecular formula is C13H27N3O2. The number of aliphatic imine (C=N–C) groups is 1. The van der Waals surface area contributed by atoms with Crippen molar-refractivity contribution in [3.8, 4) is 0 Å². The van der Waals surface area contributed by atoms with Gasteiger partial charge in [-0.05, 0) is 19.3 Å². The Morgan fingerprint density at radius 1 is 1.39 bits per heavy atom. The Morgan fingerprint density at radius 3 is 2.61 bits per heavy atom. The van der Waals surface area contributed by atoms with Crippen LogP contribution in [0, 0.1) is 5.92 Å². The van der Waals surface area contributed by atoms with E-state index in [4.69, 9.17) is 15.2 Å². The molecule has 1 rings (SSSR count). The molecular weight excluding hydrogens is 230 g/mol. The van der Waals surface area contributed by atoms with Crippen LogP contribution < -0.4 is 5.73 Å². The first-order valence-electron chi connectivity index (χ1n) is 6.89. The van der Waals surface area contributed by atoms with Crippen LogP contribution in [-0.2, 0) is 9.47 Å². The van der Waals surface area contributed by atoms with E-state index in [2.05, 4.69) is 23.7 Å². The summed E-state index contributed by atoms with van der Waals surface area (Å²) in [4.78, 5) is 6.52. The van der Waals surface area contributed by atoms with Gasteiger partial charge in [-0.2, -0.15) is 0 Å². The number of nitrogens with two attached hydrogens (primary N) is 1. The zero-order valence-electron chi connectivity index (χ0n) is 11.9. The van der Waals surface area contributed by atoms with Gasteiger partial charge in [-0.3, -0.25) is 4.99 Å². The first kappa shape index (κ1) is 15.2. The Balaban J connectivity index is 2.32. The maximum atomic E-state index is 5.96. The minimum Gasteiger partial charge on any atom is -0.378 e. The summed E-state index contributed by atoms with van der Waals surface area (Å²) < 4.78 is 11.0. The van der Waals surface area contributed by atoms with Crippen molar-refractivity contribution in [2.45, 2.75) is 33.3 Å². The molecule has 0 saturated carbocycles. The molecule has 0 aliphatic carbocycles. The third kappa shape index (κ3) is 5.23.